The number of carbonyl (C=O) groups excluding carboxylic acids is 1. The van der Waals surface area contributed by atoms with E-state index in [1.54, 1.807) is 4.90 Å². The first-order chi connectivity index (χ1) is 7.57. The Balaban J connectivity index is 2.97. The van der Waals surface area contributed by atoms with Crippen molar-refractivity contribution < 1.29 is 14.7 Å². The number of aliphatic carboxylic acids is 1. The maximum Gasteiger partial charge on any atom is 0.305 e. The molecule has 1 heterocycles. The van der Waals surface area contributed by atoms with Gasteiger partial charge < -0.3 is 10.0 Å². The molecule has 1 rings (SSSR count). The first kappa shape index (κ1) is 14.2. The summed E-state index contributed by atoms with van der Waals surface area (Å²) in [6, 6.07) is 0. The zero-order chi connectivity index (χ0) is 13.4. The van der Waals surface area contributed by atoms with E-state index < -0.39 is 14.0 Å². The molecule has 1 fully saturated rings. The lowest BCUT2D eigenvalue weighted by Crippen LogP contribution is -2.63. The molecular formula is C12H23NO3Si. The zero-order valence-corrected chi connectivity index (χ0v) is 12.4. The van der Waals surface area contributed by atoms with E-state index in [-0.39, 0.29) is 23.0 Å². The molecule has 98 valence electrons. The summed E-state index contributed by atoms with van der Waals surface area (Å²) >= 11 is 0. The van der Waals surface area contributed by atoms with Gasteiger partial charge in [0, 0.05) is 18.6 Å². The Morgan fingerprint density at radius 3 is 2.24 bits per heavy atom. The molecule has 17 heavy (non-hydrogen) atoms. The summed E-state index contributed by atoms with van der Waals surface area (Å²) in [6.07, 6.45) is 0.660. The van der Waals surface area contributed by atoms with Crippen LogP contribution in [0.15, 0.2) is 0 Å². The average molecular weight is 257 g/mol. The van der Waals surface area contributed by atoms with E-state index >= 15 is 0 Å². The van der Waals surface area contributed by atoms with E-state index in [1.165, 1.54) is 0 Å². The number of carboxylic acids is 1. The summed E-state index contributed by atoms with van der Waals surface area (Å²) in [5, 5.41) is 9.14. The summed E-state index contributed by atoms with van der Waals surface area (Å²) in [4.78, 5) is 24.4. The molecule has 0 aliphatic carbocycles. The second kappa shape index (κ2) is 4.44. The fourth-order valence-corrected chi connectivity index (χ4v) is 4.82. The number of β-lactam (4-membered cyclic amide) rings is 1. The Hall–Kier alpha value is -0.843. The number of carboxylic acid groups (broad SMARTS) is 1. The molecule has 1 saturated heterocycles. The molecule has 0 bridgehead atoms. The molecular weight excluding hydrogens is 234 g/mol. The third kappa shape index (κ3) is 2.70. The SMILES string of the molecule is CC(C)(C)[Si](C)(C)[C@H](CC(=O)O)N1CCC1=O. The fraction of sp³-hybridized carbons (Fsp3) is 0.833. The fourth-order valence-electron chi connectivity index (χ4n) is 2.08. The monoisotopic (exact) mass is 257 g/mol. The van der Waals surface area contributed by atoms with Crippen LogP contribution < -0.4 is 0 Å². The van der Waals surface area contributed by atoms with E-state index in [9.17, 15) is 9.59 Å². The highest BCUT2D eigenvalue weighted by molar-refractivity contribution is 6.81. The molecule has 4 nitrogen and oxygen atoms in total. The molecule has 1 N–H and O–H groups in total. The minimum Gasteiger partial charge on any atom is -0.481 e. The largest absolute Gasteiger partial charge is 0.481 e. The van der Waals surface area contributed by atoms with Crippen LogP contribution in [-0.4, -0.2) is 42.2 Å². The van der Waals surface area contributed by atoms with Crippen LogP contribution in [-0.2, 0) is 9.59 Å². The van der Waals surface area contributed by atoms with Crippen molar-refractivity contribution in [1.82, 2.24) is 4.90 Å². The molecule has 5 heteroatoms. The number of amides is 1. The molecule has 0 unspecified atom stereocenters. The standard InChI is InChI=1S/C12H23NO3Si/c1-12(2,3)17(4,5)10(8-11(15)16)13-7-6-9(13)14/h10H,6-8H2,1-5H3,(H,15,16)/t10-/m1/s1. The van der Waals surface area contributed by atoms with Gasteiger partial charge in [0.1, 0.15) is 0 Å². The van der Waals surface area contributed by atoms with Crippen LogP contribution in [0.5, 0.6) is 0 Å². The van der Waals surface area contributed by atoms with Gasteiger partial charge in [-0.15, -0.1) is 0 Å². The first-order valence-electron chi connectivity index (χ1n) is 6.08. The first-order valence-corrected chi connectivity index (χ1v) is 9.16. The summed E-state index contributed by atoms with van der Waals surface area (Å²) in [5.74, 6) is -0.694. The van der Waals surface area contributed by atoms with E-state index in [1.807, 2.05) is 0 Å². The average Bonchev–Trinajstić information content (AvgIpc) is 2.12. The molecule has 0 radical (unpaired) electrons. The van der Waals surface area contributed by atoms with Gasteiger partial charge in [-0.25, -0.2) is 0 Å². The molecule has 1 aliphatic heterocycles. The molecule has 1 amide bonds. The van der Waals surface area contributed by atoms with Crippen LogP contribution in [0.1, 0.15) is 33.6 Å². The molecule has 0 aromatic carbocycles. The summed E-state index contributed by atoms with van der Waals surface area (Å²) in [5.41, 5.74) is -0.0822. The molecule has 0 spiro atoms. The van der Waals surface area contributed by atoms with Crippen molar-refractivity contribution in [2.24, 2.45) is 0 Å². The van der Waals surface area contributed by atoms with Crippen LogP contribution in [0.2, 0.25) is 18.1 Å². The number of carbonyl (C=O) groups is 2. The molecule has 0 aromatic heterocycles. The topological polar surface area (TPSA) is 57.6 Å². The minimum atomic E-state index is -1.85. The van der Waals surface area contributed by atoms with Crippen LogP contribution >= 0.6 is 0 Å². The number of hydrogen-bond donors (Lipinski definition) is 1. The predicted molar refractivity (Wildman–Crippen MR) is 69.6 cm³/mol. The lowest BCUT2D eigenvalue weighted by atomic mass is 10.2. The highest BCUT2D eigenvalue weighted by Gasteiger charge is 2.48. The molecule has 0 saturated carbocycles. The molecule has 0 aromatic rings. The van der Waals surface area contributed by atoms with Crippen LogP contribution in [0.25, 0.3) is 0 Å². The third-order valence-corrected chi connectivity index (χ3v) is 10.4. The van der Waals surface area contributed by atoms with Crippen molar-refractivity contribution in [2.45, 2.75) is 57.4 Å². The van der Waals surface area contributed by atoms with Gasteiger partial charge in [0.25, 0.3) is 0 Å². The molecule has 1 aliphatic rings. The van der Waals surface area contributed by atoms with Gasteiger partial charge in [-0.1, -0.05) is 33.9 Å². The van der Waals surface area contributed by atoms with E-state index in [0.717, 1.165) is 6.54 Å². The van der Waals surface area contributed by atoms with Crippen molar-refractivity contribution in [3.8, 4) is 0 Å². The van der Waals surface area contributed by atoms with Gasteiger partial charge in [-0.05, 0) is 5.04 Å². The van der Waals surface area contributed by atoms with Gasteiger partial charge >= 0.3 is 5.97 Å². The van der Waals surface area contributed by atoms with Gasteiger partial charge in [-0.3, -0.25) is 9.59 Å². The number of likely N-dealkylation sites (tertiary alicyclic amines) is 1. The summed E-state index contributed by atoms with van der Waals surface area (Å²) in [6.45, 7) is 11.6. The zero-order valence-electron chi connectivity index (χ0n) is 11.4. The summed E-state index contributed by atoms with van der Waals surface area (Å²) < 4.78 is 0. The van der Waals surface area contributed by atoms with Gasteiger partial charge in [0.2, 0.25) is 5.91 Å². The quantitative estimate of drug-likeness (QED) is 0.620. The van der Waals surface area contributed by atoms with E-state index in [2.05, 4.69) is 33.9 Å². The maximum atomic E-state index is 11.6. The minimum absolute atomic E-state index is 0.0822. The van der Waals surface area contributed by atoms with Gasteiger partial charge in [-0.2, -0.15) is 0 Å². The number of rotatable bonds is 4. The lowest BCUT2D eigenvalue weighted by molar-refractivity contribution is -0.144. The van der Waals surface area contributed by atoms with Crippen LogP contribution in [0.4, 0.5) is 0 Å². The van der Waals surface area contributed by atoms with Gasteiger partial charge in [0.05, 0.1) is 14.5 Å². The van der Waals surface area contributed by atoms with Crippen molar-refractivity contribution in [1.29, 1.82) is 0 Å². The maximum absolute atomic E-state index is 11.6. The normalized spacial score (nSPS) is 18.9. The van der Waals surface area contributed by atoms with Crippen molar-refractivity contribution in [3.05, 3.63) is 0 Å². The predicted octanol–water partition coefficient (Wildman–Crippen LogP) is 2.11. The Kier molecular flexibility index (Phi) is 3.71. The Labute approximate surface area is 104 Å². The van der Waals surface area contributed by atoms with Crippen LogP contribution in [0.3, 0.4) is 0 Å². The second-order valence-electron chi connectivity index (χ2n) is 6.42. The second-order valence-corrected chi connectivity index (χ2v) is 12.0. The van der Waals surface area contributed by atoms with E-state index in [4.69, 9.17) is 5.11 Å². The number of nitrogens with zero attached hydrogens (tertiary/aromatic N) is 1. The Morgan fingerprint density at radius 2 is 2.00 bits per heavy atom. The smallest absolute Gasteiger partial charge is 0.305 e. The van der Waals surface area contributed by atoms with Crippen LogP contribution in [0, 0.1) is 0 Å². The van der Waals surface area contributed by atoms with Crippen molar-refractivity contribution >= 4 is 20.0 Å². The third-order valence-electron chi connectivity index (χ3n) is 4.40. The lowest BCUT2D eigenvalue weighted by Gasteiger charge is -2.50. The Morgan fingerprint density at radius 1 is 1.47 bits per heavy atom. The van der Waals surface area contributed by atoms with Crippen molar-refractivity contribution in [2.75, 3.05) is 6.54 Å². The summed E-state index contributed by atoms with van der Waals surface area (Å²) in [7, 11) is -1.85. The van der Waals surface area contributed by atoms with Crippen molar-refractivity contribution in [3.63, 3.8) is 0 Å². The van der Waals surface area contributed by atoms with Gasteiger partial charge in [0.15, 0.2) is 0 Å². The Bertz CT molecular complexity index is 333. The molecule has 1 atom stereocenters. The highest BCUT2D eigenvalue weighted by atomic mass is 28.3. The van der Waals surface area contributed by atoms with E-state index in [0.29, 0.717) is 6.42 Å². The number of hydrogen-bond acceptors (Lipinski definition) is 2. The highest BCUT2D eigenvalue weighted by Crippen LogP contribution is 2.41.